The molecule has 0 unspecified atom stereocenters. The van der Waals surface area contributed by atoms with E-state index in [-0.39, 0.29) is 11.4 Å². The van der Waals surface area contributed by atoms with Crippen LogP contribution in [0, 0.1) is 20.8 Å². The van der Waals surface area contributed by atoms with Crippen LogP contribution in [0.15, 0.2) is 27.5 Å². The van der Waals surface area contributed by atoms with Gasteiger partial charge in [0.05, 0.1) is 17.1 Å². The van der Waals surface area contributed by atoms with Gasteiger partial charge in [-0.1, -0.05) is 6.07 Å². The number of rotatable bonds is 4. The third-order valence-corrected chi connectivity index (χ3v) is 4.45. The second-order valence-electron chi connectivity index (χ2n) is 4.59. The molecule has 1 heterocycles. The molecule has 2 rings (SSSR count). The van der Waals surface area contributed by atoms with Gasteiger partial charge in [-0.15, -0.1) is 0 Å². The topological polar surface area (TPSA) is 98.2 Å². The summed E-state index contributed by atoms with van der Waals surface area (Å²) in [6.07, 6.45) is 0. The first-order valence-electron chi connectivity index (χ1n) is 6.08. The Labute approximate surface area is 118 Å². The minimum atomic E-state index is -3.63. The molecule has 3 N–H and O–H groups in total. The van der Waals surface area contributed by atoms with Gasteiger partial charge in [0, 0.05) is 5.69 Å². The van der Waals surface area contributed by atoms with E-state index in [4.69, 9.17) is 10.2 Å². The van der Waals surface area contributed by atoms with Gasteiger partial charge < -0.3 is 10.2 Å². The Kier molecular flexibility index (Phi) is 3.82. The number of benzene rings is 1. The van der Waals surface area contributed by atoms with Crippen LogP contribution in [0.4, 0.5) is 5.69 Å². The molecule has 0 aliphatic heterocycles. The van der Waals surface area contributed by atoms with Crippen LogP contribution in [-0.4, -0.2) is 13.4 Å². The predicted octanol–water partition coefficient (Wildman–Crippen LogP) is 1.66. The van der Waals surface area contributed by atoms with Gasteiger partial charge in [0.25, 0.3) is 0 Å². The minimum absolute atomic E-state index is 0.00476. The predicted molar refractivity (Wildman–Crippen MR) is 75.6 cm³/mol. The summed E-state index contributed by atoms with van der Waals surface area (Å²) in [4.78, 5) is 4.25. The normalized spacial score (nSPS) is 11.8. The van der Waals surface area contributed by atoms with E-state index < -0.39 is 10.0 Å². The highest BCUT2D eigenvalue weighted by Crippen LogP contribution is 2.17. The van der Waals surface area contributed by atoms with Crippen LogP contribution in [0.3, 0.4) is 0 Å². The lowest BCUT2D eigenvalue weighted by atomic mass is 10.2. The van der Waals surface area contributed by atoms with Gasteiger partial charge in [-0.3, -0.25) is 0 Å². The van der Waals surface area contributed by atoms with Crippen molar-refractivity contribution in [2.45, 2.75) is 32.2 Å². The Morgan fingerprint density at radius 1 is 1.30 bits per heavy atom. The number of nitrogens with zero attached hydrogens (tertiary/aromatic N) is 1. The number of oxazole rings is 1. The molecule has 108 valence electrons. The summed E-state index contributed by atoms with van der Waals surface area (Å²) in [7, 11) is -3.63. The molecule has 0 spiro atoms. The standard InChI is InChI=1S/C13H17N3O3S/c1-8-4-5-11(6-12(8)14)20(17,18)15-7-13-16-9(2)10(3)19-13/h4-6,15H,7,14H2,1-3H3. The molecule has 0 atom stereocenters. The molecule has 0 saturated carbocycles. The fourth-order valence-electron chi connectivity index (χ4n) is 1.64. The third kappa shape index (κ3) is 3.00. The van der Waals surface area contributed by atoms with Crippen molar-refractivity contribution in [2.24, 2.45) is 0 Å². The van der Waals surface area contributed by atoms with Crippen LogP contribution in [0.5, 0.6) is 0 Å². The molecule has 0 radical (unpaired) electrons. The third-order valence-electron chi connectivity index (χ3n) is 3.05. The molecular formula is C13H17N3O3S. The second kappa shape index (κ2) is 5.26. The Balaban J connectivity index is 2.16. The van der Waals surface area contributed by atoms with Crippen molar-refractivity contribution in [3.05, 3.63) is 41.1 Å². The first-order valence-corrected chi connectivity index (χ1v) is 7.56. The monoisotopic (exact) mass is 295 g/mol. The average molecular weight is 295 g/mol. The Morgan fingerprint density at radius 3 is 2.55 bits per heavy atom. The molecule has 0 amide bonds. The summed E-state index contributed by atoms with van der Waals surface area (Å²) in [5.41, 5.74) is 7.75. The Morgan fingerprint density at radius 2 is 2.00 bits per heavy atom. The zero-order chi connectivity index (χ0) is 14.9. The van der Waals surface area contributed by atoms with E-state index in [1.54, 1.807) is 19.9 Å². The fraction of sp³-hybridized carbons (Fsp3) is 0.308. The SMILES string of the molecule is Cc1ccc(S(=O)(=O)NCc2nc(C)c(C)o2)cc1N. The van der Waals surface area contributed by atoms with Crippen molar-refractivity contribution in [3.63, 3.8) is 0 Å². The van der Waals surface area contributed by atoms with E-state index in [0.717, 1.165) is 11.3 Å². The van der Waals surface area contributed by atoms with Crippen LogP contribution in [0.25, 0.3) is 0 Å². The van der Waals surface area contributed by atoms with Crippen LogP contribution >= 0.6 is 0 Å². The molecule has 1 aromatic carbocycles. The van der Waals surface area contributed by atoms with Gasteiger partial charge in [0.15, 0.2) is 0 Å². The second-order valence-corrected chi connectivity index (χ2v) is 6.36. The molecule has 0 aliphatic carbocycles. The minimum Gasteiger partial charge on any atom is -0.444 e. The smallest absolute Gasteiger partial charge is 0.241 e. The lowest BCUT2D eigenvalue weighted by Gasteiger charge is -2.07. The van der Waals surface area contributed by atoms with Crippen LogP contribution in [0.2, 0.25) is 0 Å². The highest BCUT2D eigenvalue weighted by molar-refractivity contribution is 7.89. The molecule has 7 heteroatoms. The Hall–Kier alpha value is -1.86. The number of aryl methyl sites for hydroxylation is 3. The van der Waals surface area contributed by atoms with Crippen molar-refractivity contribution in [1.29, 1.82) is 0 Å². The first-order chi connectivity index (χ1) is 9.29. The van der Waals surface area contributed by atoms with E-state index in [9.17, 15) is 8.42 Å². The molecule has 0 saturated heterocycles. The van der Waals surface area contributed by atoms with Gasteiger partial charge in [-0.05, 0) is 38.5 Å². The van der Waals surface area contributed by atoms with Gasteiger partial charge >= 0.3 is 0 Å². The molecule has 1 aromatic heterocycles. The van der Waals surface area contributed by atoms with Crippen LogP contribution in [-0.2, 0) is 16.6 Å². The van der Waals surface area contributed by atoms with Gasteiger partial charge in [-0.25, -0.2) is 18.1 Å². The number of nitrogen functional groups attached to an aromatic ring is 1. The number of nitrogens with two attached hydrogens (primary N) is 1. The number of nitrogens with one attached hydrogen (secondary N) is 1. The van der Waals surface area contributed by atoms with Crippen molar-refractivity contribution < 1.29 is 12.8 Å². The van der Waals surface area contributed by atoms with E-state index >= 15 is 0 Å². The molecule has 20 heavy (non-hydrogen) atoms. The maximum atomic E-state index is 12.1. The van der Waals surface area contributed by atoms with E-state index in [1.807, 2.05) is 6.92 Å². The number of aromatic nitrogens is 1. The first kappa shape index (κ1) is 14.5. The molecule has 6 nitrogen and oxygen atoms in total. The summed E-state index contributed by atoms with van der Waals surface area (Å²) in [5.74, 6) is 1.02. The van der Waals surface area contributed by atoms with E-state index in [1.165, 1.54) is 12.1 Å². The summed E-state index contributed by atoms with van der Waals surface area (Å²) in [6.45, 7) is 5.40. The van der Waals surface area contributed by atoms with Crippen LogP contribution < -0.4 is 10.5 Å². The number of anilines is 1. The summed E-state index contributed by atoms with van der Waals surface area (Å²) < 4.78 is 32.0. The van der Waals surface area contributed by atoms with E-state index in [2.05, 4.69) is 9.71 Å². The average Bonchev–Trinajstić information content (AvgIpc) is 2.70. The molecule has 0 fully saturated rings. The molecule has 0 bridgehead atoms. The summed E-state index contributed by atoms with van der Waals surface area (Å²) >= 11 is 0. The lowest BCUT2D eigenvalue weighted by molar-refractivity contribution is 0.463. The van der Waals surface area contributed by atoms with Crippen molar-refractivity contribution in [2.75, 3.05) is 5.73 Å². The fourth-order valence-corrected chi connectivity index (χ4v) is 2.65. The quantitative estimate of drug-likeness (QED) is 0.836. The largest absolute Gasteiger partial charge is 0.444 e. The Bertz CT molecular complexity index is 716. The number of hydrogen-bond acceptors (Lipinski definition) is 5. The van der Waals surface area contributed by atoms with Gasteiger partial charge in [0.2, 0.25) is 15.9 Å². The van der Waals surface area contributed by atoms with Gasteiger partial charge in [0.1, 0.15) is 5.76 Å². The number of hydrogen-bond donors (Lipinski definition) is 2. The molecule has 2 aromatic rings. The molecule has 0 aliphatic rings. The highest BCUT2D eigenvalue weighted by Gasteiger charge is 2.16. The highest BCUT2D eigenvalue weighted by atomic mass is 32.2. The van der Waals surface area contributed by atoms with Gasteiger partial charge in [-0.2, -0.15) is 0 Å². The van der Waals surface area contributed by atoms with Crippen molar-refractivity contribution in [1.82, 2.24) is 9.71 Å². The van der Waals surface area contributed by atoms with E-state index in [0.29, 0.717) is 17.3 Å². The lowest BCUT2D eigenvalue weighted by Crippen LogP contribution is -2.23. The van der Waals surface area contributed by atoms with Crippen molar-refractivity contribution >= 4 is 15.7 Å². The van der Waals surface area contributed by atoms with Crippen molar-refractivity contribution in [3.8, 4) is 0 Å². The van der Waals surface area contributed by atoms with Crippen LogP contribution in [0.1, 0.15) is 22.9 Å². The number of sulfonamides is 1. The zero-order valence-corrected chi connectivity index (χ0v) is 12.4. The summed E-state index contributed by atoms with van der Waals surface area (Å²) in [5, 5.41) is 0. The maximum Gasteiger partial charge on any atom is 0.241 e. The zero-order valence-electron chi connectivity index (χ0n) is 11.6. The summed E-state index contributed by atoms with van der Waals surface area (Å²) in [6, 6.07) is 4.62. The maximum absolute atomic E-state index is 12.1. The molecular weight excluding hydrogens is 278 g/mol.